The number of ketones is 1. The largest absolute Gasteiger partial charge is 0.466 e. The van der Waals surface area contributed by atoms with E-state index in [0.29, 0.717) is 11.1 Å². The zero-order valence-electron chi connectivity index (χ0n) is 10.8. The van der Waals surface area contributed by atoms with Crippen LogP contribution in [-0.4, -0.2) is 18.9 Å². The topological polar surface area (TPSA) is 43.4 Å². The highest BCUT2D eigenvalue weighted by molar-refractivity contribution is 6.05. The van der Waals surface area contributed by atoms with Crippen LogP contribution >= 0.6 is 0 Å². The van der Waals surface area contributed by atoms with Gasteiger partial charge in [0.05, 0.1) is 7.11 Å². The van der Waals surface area contributed by atoms with E-state index in [2.05, 4.69) is 4.74 Å². The predicted octanol–water partition coefficient (Wildman–Crippen LogP) is 2.93. The number of hydrogen-bond acceptors (Lipinski definition) is 3. The zero-order valence-corrected chi connectivity index (χ0v) is 10.8. The third-order valence-corrected chi connectivity index (χ3v) is 2.56. The average Bonchev–Trinajstić information content (AvgIpc) is 2.39. The molecule has 0 aromatic heterocycles. The van der Waals surface area contributed by atoms with E-state index in [-0.39, 0.29) is 5.78 Å². The number of benzene rings is 1. The van der Waals surface area contributed by atoms with Gasteiger partial charge in [-0.3, -0.25) is 4.79 Å². The number of hydrogen-bond donors (Lipinski definition) is 0. The van der Waals surface area contributed by atoms with Crippen molar-refractivity contribution < 1.29 is 14.3 Å². The molecule has 94 valence electrons. The first-order valence-corrected chi connectivity index (χ1v) is 5.59. The van der Waals surface area contributed by atoms with E-state index in [4.69, 9.17) is 0 Å². The molecule has 3 nitrogen and oxygen atoms in total. The Morgan fingerprint density at radius 2 is 1.56 bits per heavy atom. The van der Waals surface area contributed by atoms with Crippen LogP contribution in [0.25, 0.3) is 0 Å². The van der Waals surface area contributed by atoms with E-state index in [1.165, 1.54) is 19.3 Å². The van der Waals surface area contributed by atoms with Crippen molar-refractivity contribution in [3.05, 3.63) is 59.2 Å². The predicted molar refractivity (Wildman–Crippen MR) is 70.3 cm³/mol. The quantitative estimate of drug-likeness (QED) is 0.354. The summed E-state index contributed by atoms with van der Waals surface area (Å²) in [5.74, 6) is -0.502. The molecule has 1 aromatic carbocycles. The second-order valence-electron chi connectivity index (χ2n) is 3.91. The summed E-state index contributed by atoms with van der Waals surface area (Å²) in [5.41, 5.74) is 2.09. The number of allylic oxidation sites excluding steroid dienone is 3. The fraction of sp³-hybridized carbons (Fsp3) is 0.200. The molecule has 0 aliphatic heterocycles. The third kappa shape index (κ3) is 4.01. The van der Waals surface area contributed by atoms with Crippen LogP contribution in [-0.2, 0) is 9.53 Å². The number of ether oxygens (including phenoxy) is 1. The van der Waals surface area contributed by atoms with Gasteiger partial charge in [0, 0.05) is 11.6 Å². The molecule has 0 aliphatic rings. The minimum atomic E-state index is -0.424. The van der Waals surface area contributed by atoms with Crippen molar-refractivity contribution >= 4 is 11.8 Å². The smallest absolute Gasteiger partial charge is 0.330 e. The number of carbonyl (C=O) groups excluding carboxylic acids is 2. The van der Waals surface area contributed by atoms with E-state index >= 15 is 0 Å². The van der Waals surface area contributed by atoms with E-state index in [0.717, 1.165) is 5.57 Å². The monoisotopic (exact) mass is 244 g/mol. The van der Waals surface area contributed by atoms with Crippen LogP contribution in [0.1, 0.15) is 24.2 Å². The Balaban J connectivity index is 2.87. The molecule has 0 N–H and O–H groups in total. The highest BCUT2D eigenvalue weighted by Crippen LogP contribution is 2.11. The molecule has 3 heteroatoms. The molecule has 0 aliphatic carbocycles. The minimum absolute atomic E-state index is 0.0780. The fourth-order valence-corrected chi connectivity index (χ4v) is 1.35. The molecule has 0 fully saturated rings. The summed E-state index contributed by atoms with van der Waals surface area (Å²) in [6.07, 6.45) is 2.88. The summed E-state index contributed by atoms with van der Waals surface area (Å²) >= 11 is 0. The molecular formula is C15H16O3. The van der Waals surface area contributed by atoms with Gasteiger partial charge in [-0.1, -0.05) is 30.3 Å². The highest BCUT2D eigenvalue weighted by atomic mass is 16.5. The van der Waals surface area contributed by atoms with E-state index in [9.17, 15) is 9.59 Å². The summed E-state index contributed by atoms with van der Waals surface area (Å²) in [5, 5.41) is 0. The van der Waals surface area contributed by atoms with Gasteiger partial charge in [-0.25, -0.2) is 4.79 Å². The number of carbonyl (C=O) groups is 2. The molecule has 0 saturated heterocycles. The van der Waals surface area contributed by atoms with Gasteiger partial charge in [0.25, 0.3) is 0 Å². The Morgan fingerprint density at radius 3 is 2.11 bits per heavy atom. The fourth-order valence-electron chi connectivity index (χ4n) is 1.35. The molecule has 0 atom stereocenters. The maximum absolute atomic E-state index is 11.9. The van der Waals surface area contributed by atoms with Crippen LogP contribution in [0.5, 0.6) is 0 Å². The lowest BCUT2D eigenvalue weighted by molar-refractivity contribution is -0.134. The molecule has 0 radical (unpaired) electrons. The van der Waals surface area contributed by atoms with Crippen LogP contribution in [0.3, 0.4) is 0 Å². The van der Waals surface area contributed by atoms with Gasteiger partial charge >= 0.3 is 5.97 Å². The Labute approximate surface area is 107 Å². The van der Waals surface area contributed by atoms with Crippen LogP contribution in [0.4, 0.5) is 0 Å². The molecule has 18 heavy (non-hydrogen) atoms. The third-order valence-electron chi connectivity index (χ3n) is 2.56. The Hall–Kier alpha value is -2.16. The Morgan fingerprint density at radius 1 is 1.00 bits per heavy atom. The lowest BCUT2D eigenvalue weighted by Gasteiger charge is -2.01. The Bertz CT molecular complexity index is 496. The molecule has 1 aromatic rings. The van der Waals surface area contributed by atoms with Crippen LogP contribution < -0.4 is 0 Å². The number of methoxy groups -OCH3 is 1. The normalized spacial score (nSPS) is 12.2. The summed E-state index contributed by atoms with van der Waals surface area (Å²) < 4.78 is 4.53. The van der Waals surface area contributed by atoms with Crippen molar-refractivity contribution in [2.24, 2.45) is 0 Å². The summed E-state index contributed by atoms with van der Waals surface area (Å²) in [7, 11) is 1.32. The second kappa shape index (κ2) is 6.55. The van der Waals surface area contributed by atoms with Crippen LogP contribution in [0, 0.1) is 0 Å². The summed E-state index contributed by atoms with van der Waals surface area (Å²) in [4.78, 5) is 23.0. The van der Waals surface area contributed by atoms with Crippen LogP contribution in [0.15, 0.2) is 53.6 Å². The number of esters is 1. The van der Waals surface area contributed by atoms with Crippen molar-refractivity contribution in [2.75, 3.05) is 7.11 Å². The van der Waals surface area contributed by atoms with Crippen molar-refractivity contribution in [2.45, 2.75) is 13.8 Å². The Kier molecular flexibility index (Phi) is 5.06. The van der Waals surface area contributed by atoms with Crippen molar-refractivity contribution in [3.63, 3.8) is 0 Å². The van der Waals surface area contributed by atoms with Gasteiger partial charge in [-0.05, 0) is 31.1 Å². The SMILES string of the molecule is COC(=O)/C=C(C)/C(C)=C/C(=O)c1ccccc1. The first-order chi connectivity index (χ1) is 8.54. The van der Waals surface area contributed by atoms with Crippen LogP contribution in [0.2, 0.25) is 0 Å². The van der Waals surface area contributed by atoms with Gasteiger partial charge in [0.1, 0.15) is 0 Å². The maximum atomic E-state index is 11.9. The lowest BCUT2D eigenvalue weighted by Crippen LogP contribution is -1.99. The van der Waals surface area contributed by atoms with E-state index < -0.39 is 5.97 Å². The first kappa shape index (κ1) is 13.9. The molecule has 0 amide bonds. The van der Waals surface area contributed by atoms with Gasteiger partial charge in [-0.2, -0.15) is 0 Å². The van der Waals surface area contributed by atoms with Gasteiger partial charge in [-0.15, -0.1) is 0 Å². The summed E-state index contributed by atoms with van der Waals surface area (Å²) in [6, 6.07) is 8.99. The van der Waals surface area contributed by atoms with Crippen molar-refractivity contribution in [1.29, 1.82) is 0 Å². The number of rotatable bonds is 4. The molecule has 0 spiro atoms. The lowest BCUT2D eigenvalue weighted by atomic mass is 10.0. The molecular weight excluding hydrogens is 228 g/mol. The van der Waals surface area contributed by atoms with Crippen molar-refractivity contribution in [1.82, 2.24) is 0 Å². The second-order valence-corrected chi connectivity index (χ2v) is 3.91. The average molecular weight is 244 g/mol. The van der Waals surface area contributed by atoms with Gasteiger partial charge in [0.2, 0.25) is 0 Å². The molecule has 1 rings (SSSR count). The highest BCUT2D eigenvalue weighted by Gasteiger charge is 2.04. The van der Waals surface area contributed by atoms with Gasteiger partial charge in [0.15, 0.2) is 5.78 Å². The molecule has 0 saturated carbocycles. The zero-order chi connectivity index (χ0) is 13.5. The molecule has 0 bridgehead atoms. The molecule has 0 heterocycles. The summed E-state index contributed by atoms with van der Waals surface area (Å²) in [6.45, 7) is 3.55. The first-order valence-electron chi connectivity index (χ1n) is 5.59. The maximum Gasteiger partial charge on any atom is 0.330 e. The van der Waals surface area contributed by atoms with Gasteiger partial charge < -0.3 is 4.74 Å². The standard InChI is InChI=1S/C15H16O3/c1-11(12(2)10-15(17)18-3)9-14(16)13-7-5-4-6-8-13/h4-10H,1-3H3/b11-9+,12-10+. The van der Waals surface area contributed by atoms with E-state index in [1.807, 2.05) is 18.2 Å². The van der Waals surface area contributed by atoms with Crippen molar-refractivity contribution in [3.8, 4) is 0 Å². The molecule has 0 unspecified atom stereocenters. The minimum Gasteiger partial charge on any atom is -0.466 e. The van der Waals surface area contributed by atoms with E-state index in [1.54, 1.807) is 26.0 Å².